The molecular weight excluding hydrogens is 957 g/mol. The number of ketones is 1. The third-order valence-corrected chi connectivity index (χ3v) is 15.2. The van der Waals surface area contributed by atoms with Gasteiger partial charge in [0.15, 0.2) is 35.0 Å². The number of phenolic OH excluding ortho intramolecular Hbond substituents is 6. The number of aldehydes is 1. The van der Waals surface area contributed by atoms with Crippen LogP contribution >= 0.6 is 0 Å². The highest BCUT2D eigenvalue weighted by atomic mass is 16.4. The zero-order chi connectivity index (χ0) is 54.6. The number of aromatic amines is 1. The van der Waals surface area contributed by atoms with Gasteiger partial charge in [-0.3, -0.25) is 24.2 Å². The molecule has 5 aliphatic rings. The van der Waals surface area contributed by atoms with E-state index >= 15 is 9.59 Å². The van der Waals surface area contributed by atoms with Crippen LogP contribution in [0.4, 0.5) is 0 Å². The first-order valence-corrected chi connectivity index (χ1v) is 24.7. The molecule has 75 heavy (non-hydrogen) atoms. The highest BCUT2D eigenvalue weighted by molar-refractivity contribution is 6.34. The van der Waals surface area contributed by atoms with Gasteiger partial charge in [-0.1, -0.05) is 79.7 Å². The van der Waals surface area contributed by atoms with Gasteiger partial charge in [0.2, 0.25) is 28.1 Å². The van der Waals surface area contributed by atoms with E-state index in [0.717, 1.165) is 6.20 Å². The average Bonchev–Trinajstić information content (AvgIpc) is 3.60. The number of rotatable bonds is 7. The molecule has 5 aromatic carbocycles. The Balaban J connectivity index is 1.47. The molecule has 3 aliphatic carbocycles. The molecule has 0 aromatic heterocycles. The number of H-pyrrole nitrogens is 1. The number of aryl methyl sites for hydroxylation is 4. The zero-order valence-corrected chi connectivity index (χ0v) is 43.4. The molecule has 0 amide bonds. The van der Waals surface area contributed by atoms with Crippen molar-refractivity contribution in [1.29, 1.82) is 0 Å². The molecule has 15 nitrogen and oxygen atoms in total. The van der Waals surface area contributed by atoms with Crippen LogP contribution in [0, 0.1) is 33.6 Å². The molecule has 384 valence electrons. The van der Waals surface area contributed by atoms with Gasteiger partial charge in [0.05, 0.1) is 22.3 Å². The van der Waals surface area contributed by atoms with Gasteiger partial charge in [0, 0.05) is 72.8 Å². The Labute approximate surface area is 428 Å². The lowest BCUT2D eigenvalue weighted by Crippen LogP contribution is -2.19. The summed E-state index contributed by atoms with van der Waals surface area (Å²) in [7, 11) is 0. The van der Waals surface area contributed by atoms with Crippen LogP contribution in [0.5, 0.6) is 34.5 Å². The number of aromatic hydroxyl groups is 6. The predicted molar refractivity (Wildman–Crippen MR) is 290 cm³/mol. The van der Waals surface area contributed by atoms with Crippen LogP contribution in [-0.4, -0.2) is 52.8 Å². The first-order valence-electron chi connectivity index (χ1n) is 24.7. The third kappa shape index (κ3) is 6.58. The monoisotopic (exact) mass is 1010 g/mol. The SMILES string of the molecule is Cc1cc2c(c(O)c1-c1c(C)cc3c(C(C)C)c(O)c(=O)c4c5[nH]c(oc1c3-4)c1c(=O)c(O)c(C(C)C)c3cc(C)c(-c4c(C)cc6c(C(C)C)c(O)c(O)c(C=O)c6c4O)c(o5)c3-1)C(=CN)C(=O)C(O)=C2C(C)C. The number of nitrogens with two attached hydrogens (primary N) is 1. The number of aliphatic hydroxyl groups is 1. The number of aromatic nitrogens is 1. The summed E-state index contributed by atoms with van der Waals surface area (Å²) < 4.78 is 14.2. The molecule has 2 bridgehead atoms. The Bertz CT molecular complexity index is 4230. The Morgan fingerprint density at radius 1 is 0.493 bits per heavy atom. The summed E-state index contributed by atoms with van der Waals surface area (Å²) in [5.74, 6) is -6.30. The van der Waals surface area contributed by atoms with Crippen molar-refractivity contribution >= 4 is 67.4 Å². The Kier molecular flexibility index (Phi) is 11.2. The molecule has 0 radical (unpaired) electrons. The summed E-state index contributed by atoms with van der Waals surface area (Å²) >= 11 is 0. The summed E-state index contributed by atoms with van der Waals surface area (Å²) in [6.07, 6.45) is 1.36. The number of benzene rings is 7. The Morgan fingerprint density at radius 3 is 1.36 bits per heavy atom. The topological polar surface area (TPSA) is 278 Å². The molecule has 5 aromatic rings. The highest BCUT2D eigenvalue weighted by Crippen LogP contribution is 2.56. The van der Waals surface area contributed by atoms with Crippen LogP contribution < -0.4 is 16.6 Å². The fraction of sp³-hybridized carbons (Fsp3) is 0.267. The lowest BCUT2D eigenvalue weighted by molar-refractivity contribution is -0.112. The first-order chi connectivity index (χ1) is 35.3. The van der Waals surface area contributed by atoms with E-state index in [1.165, 1.54) is 0 Å². The summed E-state index contributed by atoms with van der Waals surface area (Å²) in [4.78, 5) is 60.2. The number of aliphatic hydroxyl groups excluding tert-OH is 1. The molecule has 0 spiro atoms. The maximum absolute atomic E-state index is 15.3. The number of carbonyl (C=O) groups is 2. The number of fused-ring (bicyclic) bond motifs is 6. The normalized spacial score (nSPS) is 13.9. The number of phenols is 6. The first kappa shape index (κ1) is 49.8. The molecule has 10 N–H and O–H groups in total. The van der Waals surface area contributed by atoms with Gasteiger partial charge in [-0.15, -0.1) is 0 Å². The molecule has 0 atom stereocenters. The average molecular weight is 1010 g/mol. The van der Waals surface area contributed by atoms with E-state index < -0.39 is 68.7 Å². The van der Waals surface area contributed by atoms with Crippen molar-refractivity contribution in [2.75, 3.05) is 0 Å². The minimum absolute atomic E-state index is 0.0526. The summed E-state index contributed by atoms with van der Waals surface area (Å²) in [5, 5.41) is 84.1. The summed E-state index contributed by atoms with van der Waals surface area (Å²) in [6.45, 7) is 21.2. The standard InChI is InChI=1S/C60H56N2O13/c1-19(2)33-27-13-23(9)37(49(66)41(27)31(17-61)47(64)51(33)68)39-25(11)15-29-35(21(5)6)53(70)55(72)45-43(29)57(39)74-59-46-44-30(36(22(7)8)54(71)56(46)73)16-26(12)40(58(44)75-60(45)62-59)38-24(10)14-28-34(20(3)4)52(69)48(65)32(18-63)42(28)50(38)67/h13-22,62,65-71H,61H2,1-12H3. The quantitative estimate of drug-likeness (QED) is 0.0408. The van der Waals surface area contributed by atoms with E-state index in [9.17, 15) is 45.3 Å². The van der Waals surface area contributed by atoms with E-state index in [-0.39, 0.29) is 118 Å². The van der Waals surface area contributed by atoms with Crippen molar-refractivity contribution in [2.45, 2.75) is 101 Å². The minimum Gasteiger partial charge on any atom is -0.507 e. The van der Waals surface area contributed by atoms with Gasteiger partial charge in [0.25, 0.3) is 0 Å². The van der Waals surface area contributed by atoms with Crippen LogP contribution in [0.1, 0.15) is 134 Å². The lowest BCUT2D eigenvalue weighted by atomic mass is 9.77. The van der Waals surface area contributed by atoms with Crippen LogP contribution in [0.15, 0.2) is 54.6 Å². The van der Waals surface area contributed by atoms with Gasteiger partial charge in [0.1, 0.15) is 22.7 Å². The highest BCUT2D eigenvalue weighted by Gasteiger charge is 2.39. The van der Waals surface area contributed by atoms with Crippen molar-refractivity contribution in [3.05, 3.63) is 112 Å². The van der Waals surface area contributed by atoms with Crippen LogP contribution in [0.2, 0.25) is 0 Å². The fourth-order valence-electron chi connectivity index (χ4n) is 12.1. The van der Waals surface area contributed by atoms with Crippen molar-refractivity contribution in [1.82, 2.24) is 4.98 Å². The molecule has 0 fully saturated rings. The molecule has 0 saturated carbocycles. The number of allylic oxidation sites excluding steroid dienone is 2. The zero-order valence-electron chi connectivity index (χ0n) is 43.4. The smallest absolute Gasteiger partial charge is 0.233 e. The van der Waals surface area contributed by atoms with Gasteiger partial charge in [-0.2, -0.15) is 0 Å². The summed E-state index contributed by atoms with van der Waals surface area (Å²) in [6, 6.07) is 6.86. The van der Waals surface area contributed by atoms with Crippen LogP contribution in [0.3, 0.4) is 0 Å². The van der Waals surface area contributed by atoms with Crippen molar-refractivity contribution in [2.24, 2.45) is 11.7 Å². The van der Waals surface area contributed by atoms with Crippen molar-refractivity contribution < 1.29 is 54.2 Å². The summed E-state index contributed by atoms with van der Waals surface area (Å²) in [5.41, 5.74) is 6.57. The molecular formula is C60H56N2O13. The number of hydrogen-bond acceptors (Lipinski definition) is 14. The lowest BCUT2D eigenvalue weighted by Gasteiger charge is -2.27. The minimum atomic E-state index is -0.902. The van der Waals surface area contributed by atoms with Gasteiger partial charge >= 0.3 is 0 Å². The second kappa shape index (κ2) is 16.9. The van der Waals surface area contributed by atoms with E-state index in [1.54, 1.807) is 107 Å². The molecule has 10 rings (SSSR count). The van der Waals surface area contributed by atoms with Crippen LogP contribution in [0.25, 0.3) is 99.8 Å². The third-order valence-electron chi connectivity index (χ3n) is 15.2. The molecule has 2 heterocycles. The van der Waals surface area contributed by atoms with Gasteiger partial charge in [-0.25, -0.2) is 0 Å². The second-order valence-corrected chi connectivity index (χ2v) is 21.2. The maximum Gasteiger partial charge on any atom is 0.233 e. The Hall–Kier alpha value is -8.72. The van der Waals surface area contributed by atoms with E-state index in [2.05, 4.69) is 4.98 Å². The van der Waals surface area contributed by atoms with E-state index in [1.807, 2.05) is 0 Å². The number of hydrogen-bond donors (Lipinski definition) is 9. The molecule has 2 aliphatic heterocycles. The van der Waals surface area contributed by atoms with Crippen molar-refractivity contribution in [3.8, 4) is 79.0 Å². The van der Waals surface area contributed by atoms with E-state index in [4.69, 9.17) is 14.6 Å². The number of carbonyl (C=O) groups excluding carboxylic acids is 2. The maximum atomic E-state index is 15.3. The molecule has 15 heteroatoms. The molecule has 0 saturated heterocycles. The van der Waals surface area contributed by atoms with E-state index in [0.29, 0.717) is 55.8 Å². The fourth-order valence-corrected chi connectivity index (χ4v) is 12.1. The largest absolute Gasteiger partial charge is 0.507 e. The van der Waals surface area contributed by atoms with Crippen molar-refractivity contribution in [3.63, 3.8) is 0 Å². The second-order valence-electron chi connectivity index (χ2n) is 21.2. The molecule has 0 unspecified atom stereocenters. The Morgan fingerprint density at radius 2 is 0.920 bits per heavy atom. The predicted octanol–water partition coefficient (Wildman–Crippen LogP) is 12.5. The number of nitrogens with one attached hydrogen (secondary N) is 1. The van der Waals surface area contributed by atoms with Gasteiger partial charge < -0.3 is 50.3 Å². The van der Waals surface area contributed by atoms with Gasteiger partial charge in [-0.05, 0) is 95.3 Å². The number of Topliss-reactive ketones (excluding diaryl/α,β-unsaturated/α-hetero) is 1. The van der Waals surface area contributed by atoms with Crippen LogP contribution in [-0.2, 0) is 4.79 Å².